The minimum absolute atomic E-state index is 0.194. The lowest BCUT2D eigenvalue weighted by Crippen LogP contribution is -2.07. The molecule has 8 heteroatoms. The van der Waals surface area contributed by atoms with Crippen LogP contribution in [0.3, 0.4) is 0 Å². The van der Waals surface area contributed by atoms with Crippen LogP contribution >= 0.6 is 23.2 Å². The molecule has 34 heavy (non-hydrogen) atoms. The van der Waals surface area contributed by atoms with E-state index in [1.165, 1.54) is 0 Å². The molecule has 1 heterocycles. The minimum Gasteiger partial charge on any atom is -0.487 e. The summed E-state index contributed by atoms with van der Waals surface area (Å²) in [5.74, 6) is -0.521. The number of nitrogens with zero attached hydrogens (tertiary/aromatic N) is 3. The van der Waals surface area contributed by atoms with Crippen molar-refractivity contribution in [3.05, 3.63) is 110 Å². The Morgan fingerprint density at radius 3 is 2.56 bits per heavy atom. The summed E-state index contributed by atoms with van der Waals surface area (Å²) in [5, 5.41) is 18.8. The van der Waals surface area contributed by atoms with Gasteiger partial charge in [0.2, 0.25) is 0 Å². The number of ether oxygens (including phenoxy) is 1. The van der Waals surface area contributed by atoms with Crippen LogP contribution in [0.4, 0.5) is 0 Å². The number of aromatic carboxylic acids is 1. The highest BCUT2D eigenvalue weighted by Crippen LogP contribution is 2.36. The molecule has 0 amide bonds. The summed E-state index contributed by atoms with van der Waals surface area (Å²) >= 11 is 13.2. The van der Waals surface area contributed by atoms with Crippen LogP contribution in [0.2, 0.25) is 10.0 Å². The van der Waals surface area contributed by atoms with Crippen LogP contribution in [0.25, 0.3) is 0 Å². The monoisotopic (exact) mass is 495 g/mol. The highest BCUT2D eigenvalue weighted by molar-refractivity contribution is 6.37. The molecule has 0 unspecified atom stereocenters. The van der Waals surface area contributed by atoms with E-state index in [0.29, 0.717) is 40.1 Å². The lowest BCUT2D eigenvalue weighted by Gasteiger charge is -2.15. The molecule has 0 fully saturated rings. The van der Waals surface area contributed by atoms with Gasteiger partial charge < -0.3 is 9.84 Å². The molecule has 0 aliphatic rings. The molecule has 0 radical (unpaired) electrons. The number of halogens is 2. The molecule has 1 aromatic heterocycles. The Morgan fingerprint density at radius 2 is 1.85 bits per heavy atom. The summed E-state index contributed by atoms with van der Waals surface area (Å²) in [7, 11) is 0. The fraction of sp³-hybridized carbons (Fsp3) is 0.192. The normalized spacial score (nSPS) is 10.9. The van der Waals surface area contributed by atoms with E-state index in [-0.39, 0.29) is 12.0 Å². The van der Waals surface area contributed by atoms with Crippen molar-refractivity contribution in [3.63, 3.8) is 0 Å². The highest BCUT2D eigenvalue weighted by Gasteiger charge is 2.18. The second kappa shape index (κ2) is 10.7. The van der Waals surface area contributed by atoms with Crippen molar-refractivity contribution >= 4 is 29.2 Å². The lowest BCUT2D eigenvalue weighted by atomic mass is 9.97. The number of aromatic nitrogens is 3. The van der Waals surface area contributed by atoms with Gasteiger partial charge in [0.1, 0.15) is 12.4 Å². The summed E-state index contributed by atoms with van der Waals surface area (Å²) in [6.07, 6.45) is 2.92. The summed E-state index contributed by atoms with van der Waals surface area (Å²) in [4.78, 5) is 11.9. The molecule has 0 spiro atoms. The lowest BCUT2D eigenvalue weighted by molar-refractivity contribution is 0.0696. The topological polar surface area (TPSA) is 77.2 Å². The van der Waals surface area contributed by atoms with E-state index in [4.69, 9.17) is 27.9 Å². The van der Waals surface area contributed by atoms with Gasteiger partial charge in [0, 0.05) is 17.6 Å². The van der Waals surface area contributed by atoms with Crippen molar-refractivity contribution in [2.24, 2.45) is 0 Å². The maximum absolute atomic E-state index is 11.9. The van der Waals surface area contributed by atoms with Crippen LogP contribution in [0, 0.1) is 0 Å². The van der Waals surface area contributed by atoms with Crippen LogP contribution in [-0.4, -0.2) is 26.1 Å². The fourth-order valence-electron chi connectivity index (χ4n) is 3.64. The fourth-order valence-corrected chi connectivity index (χ4v) is 4.20. The van der Waals surface area contributed by atoms with Gasteiger partial charge in [-0.2, -0.15) is 0 Å². The van der Waals surface area contributed by atoms with Gasteiger partial charge in [-0.15, -0.1) is 5.10 Å². The third-order valence-electron chi connectivity index (χ3n) is 5.45. The third-order valence-corrected chi connectivity index (χ3v) is 6.22. The molecule has 174 valence electrons. The van der Waals surface area contributed by atoms with E-state index in [1.807, 2.05) is 49.5 Å². The zero-order valence-electron chi connectivity index (χ0n) is 18.5. The maximum atomic E-state index is 11.9. The van der Waals surface area contributed by atoms with E-state index in [9.17, 15) is 9.90 Å². The quantitative estimate of drug-likeness (QED) is 0.305. The maximum Gasteiger partial charge on any atom is 0.335 e. The molecule has 3 aromatic carbocycles. The number of carboxylic acids is 1. The summed E-state index contributed by atoms with van der Waals surface area (Å²) < 4.78 is 7.66. The standard InChI is InChI=1S/C26H23Cl2N3O3/c1-2-20-15-31(30-29-20)14-18-8-9-21(26(32)33)19(12-18)13-22-23(27)10-11-24(25(22)28)34-16-17-6-4-3-5-7-17/h3-12,15H,2,13-14,16H2,1H3,(H,32,33). The smallest absolute Gasteiger partial charge is 0.335 e. The number of carboxylic acid groups (broad SMARTS) is 1. The average molecular weight is 496 g/mol. The van der Waals surface area contributed by atoms with Gasteiger partial charge in [-0.25, -0.2) is 9.48 Å². The number of carbonyl (C=O) groups is 1. The van der Waals surface area contributed by atoms with E-state index in [0.717, 1.165) is 23.2 Å². The molecule has 1 N–H and O–H groups in total. The van der Waals surface area contributed by atoms with Crippen LogP contribution in [0.15, 0.2) is 66.9 Å². The van der Waals surface area contributed by atoms with Crippen molar-refractivity contribution in [2.45, 2.75) is 32.9 Å². The first kappa shape index (κ1) is 23.8. The second-order valence-electron chi connectivity index (χ2n) is 7.85. The van der Waals surface area contributed by atoms with E-state index < -0.39 is 5.97 Å². The van der Waals surface area contributed by atoms with Crippen molar-refractivity contribution in [1.82, 2.24) is 15.0 Å². The Labute approximate surface area is 207 Å². The molecular formula is C26H23Cl2N3O3. The predicted molar refractivity (Wildman–Crippen MR) is 132 cm³/mol. The van der Waals surface area contributed by atoms with Crippen LogP contribution < -0.4 is 4.74 Å². The highest BCUT2D eigenvalue weighted by atomic mass is 35.5. The largest absolute Gasteiger partial charge is 0.487 e. The zero-order chi connectivity index (χ0) is 24.1. The Kier molecular flexibility index (Phi) is 7.50. The summed E-state index contributed by atoms with van der Waals surface area (Å²) in [6, 6.07) is 18.4. The van der Waals surface area contributed by atoms with Crippen molar-refractivity contribution in [3.8, 4) is 5.75 Å². The van der Waals surface area contributed by atoms with Gasteiger partial charge in [0.25, 0.3) is 0 Å². The number of rotatable bonds is 9. The first-order valence-electron chi connectivity index (χ1n) is 10.8. The molecule has 4 aromatic rings. The van der Waals surface area contributed by atoms with Crippen molar-refractivity contribution < 1.29 is 14.6 Å². The Bertz CT molecular complexity index is 1310. The molecule has 0 saturated carbocycles. The van der Waals surface area contributed by atoms with Gasteiger partial charge in [0.05, 0.1) is 22.8 Å². The van der Waals surface area contributed by atoms with Crippen LogP contribution in [0.5, 0.6) is 5.75 Å². The summed E-state index contributed by atoms with van der Waals surface area (Å²) in [5.41, 5.74) is 4.21. The van der Waals surface area contributed by atoms with Crippen LogP contribution in [0.1, 0.15) is 45.2 Å². The summed E-state index contributed by atoms with van der Waals surface area (Å²) in [6.45, 7) is 2.84. The molecule has 0 bridgehead atoms. The third kappa shape index (κ3) is 5.58. The SMILES string of the molecule is CCc1cn(Cc2ccc(C(=O)O)c(Cc3c(Cl)ccc(OCc4ccccc4)c3Cl)c2)nn1. The van der Waals surface area contributed by atoms with Crippen molar-refractivity contribution in [2.75, 3.05) is 0 Å². The molecule has 0 aliphatic carbocycles. The average Bonchev–Trinajstić information content (AvgIpc) is 3.29. The number of aryl methyl sites for hydroxylation is 1. The number of hydrogen-bond donors (Lipinski definition) is 1. The van der Waals surface area contributed by atoms with Gasteiger partial charge >= 0.3 is 5.97 Å². The number of benzene rings is 3. The van der Waals surface area contributed by atoms with Gasteiger partial charge in [-0.05, 0) is 46.9 Å². The predicted octanol–water partition coefficient (Wildman–Crippen LogP) is 6.06. The molecule has 0 saturated heterocycles. The van der Waals surface area contributed by atoms with Gasteiger partial charge in [0.15, 0.2) is 0 Å². The van der Waals surface area contributed by atoms with Crippen molar-refractivity contribution in [1.29, 1.82) is 0 Å². The Hall–Kier alpha value is -3.35. The van der Waals surface area contributed by atoms with E-state index in [1.54, 1.807) is 28.9 Å². The second-order valence-corrected chi connectivity index (χ2v) is 8.63. The van der Waals surface area contributed by atoms with E-state index in [2.05, 4.69) is 10.3 Å². The van der Waals surface area contributed by atoms with Crippen LogP contribution in [-0.2, 0) is 26.0 Å². The molecule has 0 aliphatic heterocycles. The molecule has 6 nitrogen and oxygen atoms in total. The Balaban J connectivity index is 1.61. The minimum atomic E-state index is -1.01. The van der Waals surface area contributed by atoms with Gasteiger partial charge in [-0.1, -0.05) is 77.8 Å². The first-order chi connectivity index (χ1) is 16.4. The zero-order valence-corrected chi connectivity index (χ0v) is 20.1. The number of hydrogen-bond acceptors (Lipinski definition) is 4. The first-order valence-corrected chi connectivity index (χ1v) is 11.6. The van der Waals surface area contributed by atoms with E-state index >= 15 is 0 Å². The Morgan fingerprint density at radius 1 is 1.06 bits per heavy atom. The molecule has 0 atom stereocenters. The molecular weight excluding hydrogens is 473 g/mol. The van der Waals surface area contributed by atoms with Gasteiger partial charge in [-0.3, -0.25) is 0 Å². The molecule has 4 rings (SSSR count).